The van der Waals surface area contributed by atoms with Gasteiger partial charge in [0.1, 0.15) is 5.82 Å². The first-order valence-electron chi connectivity index (χ1n) is 7.79. The van der Waals surface area contributed by atoms with Crippen molar-refractivity contribution in [2.24, 2.45) is 19.8 Å². The standard InChI is InChI=1S/C16H25N5O2/c1-10(2)7-9-21-12-14(18-13(21)11(3)6-8-17)19(4)16(23)20(5)15(12)22/h7,11H,6,8-9,17H2,1-5H3. The van der Waals surface area contributed by atoms with E-state index in [1.54, 1.807) is 7.05 Å². The molecular formula is C16H25N5O2. The van der Waals surface area contributed by atoms with Crippen LogP contribution in [0.15, 0.2) is 21.2 Å². The molecule has 1 atom stereocenters. The van der Waals surface area contributed by atoms with Gasteiger partial charge in [-0.2, -0.15) is 0 Å². The molecular weight excluding hydrogens is 294 g/mol. The molecule has 0 aliphatic rings. The molecule has 0 aliphatic carbocycles. The van der Waals surface area contributed by atoms with Gasteiger partial charge in [0.15, 0.2) is 11.2 Å². The third-order valence-corrected chi connectivity index (χ3v) is 4.10. The van der Waals surface area contributed by atoms with E-state index >= 15 is 0 Å². The Bertz CT molecular complexity index is 865. The van der Waals surface area contributed by atoms with Crippen LogP contribution < -0.4 is 17.0 Å². The molecule has 7 nitrogen and oxygen atoms in total. The number of nitrogens with two attached hydrogens (primary N) is 1. The molecule has 0 saturated carbocycles. The zero-order valence-corrected chi connectivity index (χ0v) is 14.5. The first-order chi connectivity index (χ1) is 10.8. The predicted octanol–water partition coefficient (Wildman–Crippen LogP) is 0.852. The molecule has 0 saturated heterocycles. The van der Waals surface area contributed by atoms with Crippen molar-refractivity contribution in [3.05, 3.63) is 38.3 Å². The summed E-state index contributed by atoms with van der Waals surface area (Å²) >= 11 is 0. The van der Waals surface area contributed by atoms with Gasteiger partial charge in [-0.3, -0.25) is 13.9 Å². The lowest BCUT2D eigenvalue weighted by Crippen LogP contribution is -2.37. The van der Waals surface area contributed by atoms with E-state index < -0.39 is 0 Å². The van der Waals surface area contributed by atoms with E-state index in [9.17, 15) is 9.59 Å². The van der Waals surface area contributed by atoms with E-state index in [1.165, 1.54) is 11.6 Å². The number of allylic oxidation sites excluding steroid dienone is 2. The lowest BCUT2D eigenvalue weighted by atomic mass is 10.1. The van der Waals surface area contributed by atoms with Crippen LogP contribution in [-0.4, -0.2) is 25.2 Å². The molecule has 2 heterocycles. The van der Waals surface area contributed by atoms with E-state index in [4.69, 9.17) is 5.73 Å². The smallest absolute Gasteiger partial charge is 0.330 e. The van der Waals surface area contributed by atoms with Gasteiger partial charge in [-0.25, -0.2) is 9.78 Å². The number of hydrogen-bond acceptors (Lipinski definition) is 4. The molecule has 0 aliphatic heterocycles. The highest BCUT2D eigenvalue weighted by molar-refractivity contribution is 5.71. The highest BCUT2D eigenvalue weighted by atomic mass is 16.2. The van der Waals surface area contributed by atoms with E-state index in [2.05, 4.69) is 4.98 Å². The zero-order chi connectivity index (χ0) is 17.3. The number of aromatic nitrogens is 4. The average molecular weight is 319 g/mol. The van der Waals surface area contributed by atoms with E-state index in [0.717, 1.165) is 22.4 Å². The van der Waals surface area contributed by atoms with Crippen molar-refractivity contribution < 1.29 is 0 Å². The number of imidazole rings is 1. The van der Waals surface area contributed by atoms with Crippen LogP contribution in [0.2, 0.25) is 0 Å². The van der Waals surface area contributed by atoms with Crippen LogP contribution in [0.3, 0.4) is 0 Å². The predicted molar refractivity (Wildman–Crippen MR) is 91.7 cm³/mol. The third-order valence-electron chi connectivity index (χ3n) is 4.10. The summed E-state index contributed by atoms with van der Waals surface area (Å²) in [6, 6.07) is 0. The van der Waals surface area contributed by atoms with Gasteiger partial charge in [0.2, 0.25) is 0 Å². The minimum atomic E-state index is -0.368. The van der Waals surface area contributed by atoms with E-state index in [1.807, 2.05) is 31.4 Å². The number of fused-ring (bicyclic) bond motifs is 1. The maximum atomic E-state index is 12.6. The quantitative estimate of drug-likeness (QED) is 0.828. The maximum absolute atomic E-state index is 12.6. The molecule has 7 heteroatoms. The molecule has 0 bridgehead atoms. The lowest BCUT2D eigenvalue weighted by molar-refractivity contribution is 0.609. The van der Waals surface area contributed by atoms with Crippen LogP contribution in [0.25, 0.3) is 11.2 Å². The van der Waals surface area contributed by atoms with Gasteiger partial charge in [-0.1, -0.05) is 18.6 Å². The molecule has 0 amide bonds. The van der Waals surface area contributed by atoms with Crippen molar-refractivity contribution in [1.29, 1.82) is 0 Å². The minimum absolute atomic E-state index is 0.109. The second kappa shape index (κ2) is 6.54. The average Bonchev–Trinajstić information content (AvgIpc) is 2.88. The Morgan fingerprint density at radius 2 is 1.91 bits per heavy atom. The Morgan fingerprint density at radius 1 is 1.26 bits per heavy atom. The molecule has 2 rings (SSSR count). The molecule has 2 N–H and O–H groups in total. The maximum Gasteiger partial charge on any atom is 0.332 e. The Hall–Kier alpha value is -2.15. The minimum Gasteiger partial charge on any atom is -0.330 e. The number of nitrogens with zero attached hydrogens (tertiary/aromatic N) is 4. The SMILES string of the molecule is CC(C)=CCn1c(C(C)CCN)nc2c1c(=O)n(C)c(=O)n2C. The van der Waals surface area contributed by atoms with Crippen molar-refractivity contribution in [3.8, 4) is 0 Å². The van der Waals surface area contributed by atoms with Crippen LogP contribution in [0, 0.1) is 0 Å². The first kappa shape index (κ1) is 17.2. The monoisotopic (exact) mass is 319 g/mol. The summed E-state index contributed by atoms with van der Waals surface area (Å²) in [5, 5.41) is 0. The topological polar surface area (TPSA) is 87.8 Å². The second-order valence-electron chi connectivity index (χ2n) is 6.22. The van der Waals surface area contributed by atoms with Crippen LogP contribution in [0.1, 0.15) is 38.9 Å². The number of aryl methyl sites for hydroxylation is 1. The lowest BCUT2D eigenvalue weighted by Gasteiger charge is -2.12. The molecule has 0 aromatic carbocycles. The summed E-state index contributed by atoms with van der Waals surface area (Å²) in [5.41, 5.74) is 7.04. The summed E-state index contributed by atoms with van der Waals surface area (Å²) in [6.45, 7) is 7.15. The summed E-state index contributed by atoms with van der Waals surface area (Å²) in [5.74, 6) is 0.902. The molecule has 2 aromatic rings. The zero-order valence-electron chi connectivity index (χ0n) is 14.5. The summed E-state index contributed by atoms with van der Waals surface area (Å²) < 4.78 is 4.46. The largest absolute Gasteiger partial charge is 0.332 e. The number of rotatable bonds is 5. The Kier molecular flexibility index (Phi) is 4.89. The van der Waals surface area contributed by atoms with Crippen molar-refractivity contribution >= 4 is 11.2 Å². The van der Waals surface area contributed by atoms with E-state index in [0.29, 0.717) is 24.3 Å². The summed E-state index contributed by atoms with van der Waals surface area (Å²) in [6.07, 6.45) is 2.82. The first-order valence-corrected chi connectivity index (χ1v) is 7.79. The van der Waals surface area contributed by atoms with Crippen LogP contribution >= 0.6 is 0 Å². The normalized spacial score (nSPS) is 12.6. The van der Waals surface area contributed by atoms with Crippen LogP contribution in [0.4, 0.5) is 0 Å². The van der Waals surface area contributed by atoms with Crippen molar-refractivity contribution in [2.45, 2.75) is 39.7 Å². The Labute approximate surface area is 135 Å². The molecule has 1 unspecified atom stereocenters. The molecule has 0 spiro atoms. The van der Waals surface area contributed by atoms with Crippen LogP contribution in [-0.2, 0) is 20.6 Å². The summed E-state index contributed by atoms with van der Waals surface area (Å²) in [4.78, 5) is 29.3. The van der Waals surface area contributed by atoms with Crippen molar-refractivity contribution in [2.75, 3.05) is 6.54 Å². The van der Waals surface area contributed by atoms with Gasteiger partial charge < -0.3 is 10.3 Å². The summed E-state index contributed by atoms with van der Waals surface area (Å²) in [7, 11) is 3.13. The van der Waals surface area contributed by atoms with Crippen LogP contribution in [0.5, 0.6) is 0 Å². The van der Waals surface area contributed by atoms with Gasteiger partial charge in [0.25, 0.3) is 5.56 Å². The molecule has 126 valence electrons. The molecule has 0 fully saturated rings. The van der Waals surface area contributed by atoms with Gasteiger partial charge in [0, 0.05) is 26.6 Å². The van der Waals surface area contributed by atoms with Gasteiger partial charge in [0.05, 0.1) is 0 Å². The number of hydrogen-bond donors (Lipinski definition) is 1. The fraction of sp³-hybridized carbons (Fsp3) is 0.562. The fourth-order valence-electron chi connectivity index (χ4n) is 2.68. The van der Waals surface area contributed by atoms with Crippen molar-refractivity contribution in [3.63, 3.8) is 0 Å². The Morgan fingerprint density at radius 3 is 2.48 bits per heavy atom. The molecule has 0 radical (unpaired) electrons. The van der Waals surface area contributed by atoms with E-state index in [-0.39, 0.29) is 17.2 Å². The highest BCUT2D eigenvalue weighted by Gasteiger charge is 2.21. The van der Waals surface area contributed by atoms with Crippen molar-refractivity contribution in [1.82, 2.24) is 18.7 Å². The van der Waals surface area contributed by atoms with Gasteiger partial charge in [-0.15, -0.1) is 0 Å². The molecule has 23 heavy (non-hydrogen) atoms. The van der Waals surface area contributed by atoms with Gasteiger partial charge >= 0.3 is 5.69 Å². The second-order valence-corrected chi connectivity index (χ2v) is 6.22. The van der Waals surface area contributed by atoms with Gasteiger partial charge in [-0.05, 0) is 26.8 Å². The highest BCUT2D eigenvalue weighted by Crippen LogP contribution is 2.21. The third kappa shape index (κ3) is 3.01. The fourth-order valence-corrected chi connectivity index (χ4v) is 2.68. The molecule has 2 aromatic heterocycles. The Balaban J connectivity index is 2.85.